The Morgan fingerprint density at radius 1 is 0.192 bits per heavy atom. The Bertz CT molecular complexity index is 7410. The average molecular weight is 1360 g/mol. The van der Waals surface area contributed by atoms with Crippen molar-refractivity contribution in [2.45, 2.75) is 0 Å². The Morgan fingerprint density at radius 3 is 0.962 bits per heavy atom. The van der Waals surface area contributed by atoms with Crippen LogP contribution in [0.5, 0.6) is 0 Å². The molecule has 0 atom stereocenters. The van der Waals surface area contributed by atoms with Crippen molar-refractivity contribution in [2.24, 2.45) is 0 Å². The summed E-state index contributed by atoms with van der Waals surface area (Å²) in [5.41, 5.74) is 14.5. The van der Waals surface area contributed by atoms with Crippen molar-refractivity contribution < 1.29 is 0 Å². The molecule has 22 aromatic rings. The van der Waals surface area contributed by atoms with Gasteiger partial charge in [-0.25, -0.2) is 29.9 Å². The Balaban J connectivity index is 0.706. The minimum Gasteiger partial charge on any atom is -0.275 e. The highest BCUT2D eigenvalue weighted by Crippen LogP contribution is 2.46. The molecular weight excluding hydrogens is 1310 g/mol. The van der Waals surface area contributed by atoms with Gasteiger partial charge in [0.25, 0.3) is 11.1 Å². The molecule has 0 bridgehead atoms. The Labute approximate surface area is 599 Å². The first kappa shape index (κ1) is 58.3. The lowest BCUT2D eigenvalue weighted by Crippen LogP contribution is -2.13. The molecule has 12 heteroatoms. The highest BCUT2D eigenvalue weighted by Gasteiger charge is 2.25. The Hall–Kier alpha value is -13.5. The van der Waals surface area contributed by atoms with Crippen LogP contribution in [0.15, 0.2) is 313 Å². The van der Waals surface area contributed by atoms with Crippen molar-refractivity contribution in [1.82, 2.24) is 38.7 Å². The van der Waals surface area contributed by atoms with Gasteiger partial charge in [0.2, 0.25) is 0 Å². The number of hydrogen-bond donors (Lipinski definition) is 0. The van der Waals surface area contributed by atoms with E-state index in [0.717, 1.165) is 147 Å². The zero-order valence-corrected chi connectivity index (χ0v) is 56.7. The maximum Gasteiger partial charge on any atom is 0.263 e. The van der Waals surface area contributed by atoms with Gasteiger partial charge in [-0.05, 0) is 153 Å². The summed E-state index contributed by atoms with van der Waals surface area (Å²) in [5.74, 6) is 3.20. The number of fused-ring (bicyclic) bond motifs is 16. The van der Waals surface area contributed by atoms with Crippen LogP contribution in [-0.2, 0) is 0 Å². The largest absolute Gasteiger partial charge is 0.275 e. The molecule has 0 aliphatic carbocycles. The van der Waals surface area contributed by atoms with E-state index < -0.39 is 0 Å². The first-order chi connectivity index (χ1) is 51.3. The third-order valence-electron chi connectivity index (χ3n) is 20.9. The van der Waals surface area contributed by atoms with Gasteiger partial charge < -0.3 is 0 Å². The van der Waals surface area contributed by atoms with Gasteiger partial charge in [0, 0.05) is 117 Å². The van der Waals surface area contributed by atoms with Crippen LogP contribution in [0.1, 0.15) is 0 Å². The van der Waals surface area contributed by atoms with Crippen molar-refractivity contribution in [3.63, 3.8) is 0 Å². The SMILES string of the molecule is O=c1c2ccccc2c2cc(-c3ccc4sc5ccccc5c4c3)cc3c4cc(-c5ccc6sc7ccc(-c8ccc9c(c8)c(=O)n8c%10ccc(-c%11nc(-c%12ccccc%12)nc(-c%12ccccc%12)n%11)cc%10c%10cc(-c%11nc(-c%12ccccc%12)nc(-c%12ccccc%12)n%11)cc9c%108)cc7c6c5)ccc4n1c23. The lowest BCUT2D eigenvalue weighted by atomic mass is 9.95. The second kappa shape index (κ2) is 22.5. The lowest BCUT2D eigenvalue weighted by molar-refractivity contribution is 1.07. The number of benzene rings is 14. The summed E-state index contributed by atoms with van der Waals surface area (Å²) in [6.07, 6.45) is 0. The summed E-state index contributed by atoms with van der Waals surface area (Å²) in [4.78, 5) is 61.5. The summed E-state index contributed by atoms with van der Waals surface area (Å²) < 4.78 is 8.69. The molecule has 0 fully saturated rings. The van der Waals surface area contributed by atoms with Crippen molar-refractivity contribution in [1.29, 1.82) is 0 Å². The summed E-state index contributed by atoms with van der Waals surface area (Å²) in [6.45, 7) is 0. The molecule has 0 aliphatic heterocycles. The summed E-state index contributed by atoms with van der Waals surface area (Å²) >= 11 is 3.60. The molecule has 104 heavy (non-hydrogen) atoms. The molecule has 8 heterocycles. The average Bonchev–Trinajstić information content (AvgIpc) is 1.52. The smallest absolute Gasteiger partial charge is 0.263 e. The van der Waals surface area contributed by atoms with E-state index in [-0.39, 0.29) is 11.1 Å². The number of hydrogen-bond acceptors (Lipinski definition) is 10. The normalized spacial score (nSPS) is 12.1. The quantitative estimate of drug-likeness (QED) is 0.131. The predicted molar refractivity (Wildman–Crippen MR) is 430 cm³/mol. The second-order valence-electron chi connectivity index (χ2n) is 26.8. The molecular formula is C92H50N8O2S2. The van der Waals surface area contributed by atoms with Crippen molar-refractivity contribution in [3.8, 4) is 102 Å². The molecule has 8 aromatic heterocycles. The third-order valence-corrected chi connectivity index (χ3v) is 23.2. The van der Waals surface area contributed by atoms with E-state index in [2.05, 4.69) is 152 Å². The van der Waals surface area contributed by atoms with E-state index in [1.807, 2.05) is 172 Å². The minimum absolute atomic E-state index is 0.0192. The molecule has 0 aliphatic rings. The fourth-order valence-corrected chi connectivity index (χ4v) is 18.1. The van der Waals surface area contributed by atoms with Crippen molar-refractivity contribution in [2.75, 3.05) is 0 Å². The van der Waals surface area contributed by atoms with Gasteiger partial charge in [0.1, 0.15) is 0 Å². The van der Waals surface area contributed by atoms with Crippen LogP contribution in [0.25, 0.3) is 218 Å². The molecule has 482 valence electrons. The molecule has 22 rings (SSSR count). The highest BCUT2D eigenvalue weighted by molar-refractivity contribution is 7.26. The molecule has 10 nitrogen and oxygen atoms in total. The molecule has 0 spiro atoms. The zero-order valence-electron chi connectivity index (χ0n) is 55.1. The molecule has 0 N–H and O–H groups in total. The summed E-state index contributed by atoms with van der Waals surface area (Å²) in [7, 11) is 0. The first-order valence-corrected chi connectivity index (χ1v) is 36.2. The highest BCUT2D eigenvalue weighted by atomic mass is 32.1. The second-order valence-corrected chi connectivity index (χ2v) is 29.0. The third kappa shape index (κ3) is 8.99. The van der Waals surface area contributed by atoms with E-state index in [1.165, 1.54) is 24.9 Å². The lowest BCUT2D eigenvalue weighted by Gasteiger charge is -2.12. The van der Waals surface area contributed by atoms with Gasteiger partial charge in [-0.3, -0.25) is 18.4 Å². The van der Waals surface area contributed by atoms with E-state index in [9.17, 15) is 4.79 Å². The van der Waals surface area contributed by atoms with Crippen molar-refractivity contribution in [3.05, 3.63) is 324 Å². The molecule has 0 saturated heterocycles. The van der Waals surface area contributed by atoms with E-state index in [0.29, 0.717) is 45.7 Å². The Kier molecular flexibility index (Phi) is 12.6. The topological polar surface area (TPSA) is 120 Å². The molecule has 0 amide bonds. The fourth-order valence-electron chi connectivity index (χ4n) is 15.9. The first-order valence-electron chi connectivity index (χ1n) is 34.5. The number of thiophene rings is 2. The van der Waals surface area contributed by atoms with Crippen LogP contribution in [0.4, 0.5) is 0 Å². The van der Waals surface area contributed by atoms with Gasteiger partial charge >= 0.3 is 0 Å². The molecule has 0 saturated carbocycles. The zero-order chi connectivity index (χ0) is 68.4. The Morgan fingerprint density at radius 2 is 0.481 bits per heavy atom. The molecule has 0 radical (unpaired) electrons. The number of rotatable bonds is 9. The number of nitrogens with zero attached hydrogens (tertiary/aromatic N) is 8. The predicted octanol–water partition coefficient (Wildman–Crippen LogP) is 22.8. The number of pyridine rings is 2. The molecule has 14 aromatic carbocycles. The maximum absolute atomic E-state index is 15.9. The summed E-state index contributed by atoms with van der Waals surface area (Å²) in [5, 5.41) is 13.5. The minimum atomic E-state index is -0.131. The van der Waals surface area contributed by atoms with E-state index in [1.54, 1.807) is 11.3 Å². The van der Waals surface area contributed by atoms with Crippen LogP contribution < -0.4 is 11.1 Å². The van der Waals surface area contributed by atoms with Gasteiger partial charge in [0.05, 0.1) is 22.1 Å². The number of aromatic nitrogens is 8. The van der Waals surface area contributed by atoms with Crippen LogP contribution in [0, 0.1) is 0 Å². The maximum atomic E-state index is 15.9. The van der Waals surface area contributed by atoms with E-state index >= 15 is 4.79 Å². The van der Waals surface area contributed by atoms with Gasteiger partial charge in [-0.2, -0.15) is 0 Å². The monoisotopic (exact) mass is 1360 g/mol. The van der Waals surface area contributed by atoms with Gasteiger partial charge in [-0.1, -0.05) is 194 Å². The van der Waals surface area contributed by atoms with Gasteiger partial charge in [-0.15, -0.1) is 22.7 Å². The van der Waals surface area contributed by atoms with Crippen LogP contribution >= 0.6 is 22.7 Å². The van der Waals surface area contributed by atoms with Crippen LogP contribution in [-0.4, -0.2) is 38.7 Å². The van der Waals surface area contributed by atoms with Crippen LogP contribution in [0.2, 0.25) is 0 Å². The van der Waals surface area contributed by atoms with E-state index in [4.69, 9.17) is 29.9 Å². The van der Waals surface area contributed by atoms with Gasteiger partial charge in [0.15, 0.2) is 34.9 Å². The standard InChI is InChI=1S/C92H50N8O2S2/c101-91-66-27-14-13-25-63(66)72-47-61(59-34-40-80-69(44-59)65-26-15-16-28-79(65)103-80)48-74-67-41-56(30-36-77(67)99(91)83(72)74)58-33-39-82-71(43-58)70-42-57(32-38-81(70)104-82)55-29-35-64-73-49-62(90-97-87(53-21-9-3-10-22-53)94-88(98-90)54-23-11-4-12-24-54)50-75-68-46-60(31-37-78(68)100(84(73)75)92(102)76(64)45-55)89-95-85(51-17-5-1-6-18-51)93-86(96-89)52-19-7-2-8-20-52/h1-50H. The summed E-state index contributed by atoms with van der Waals surface area (Å²) in [6, 6.07) is 105. The molecule has 0 unspecified atom stereocenters. The fraction of sp³-hybridized carbons (Fsp3) is 0. The van der Waals surface area contributed by atoms with Crippen LogP contribution in [0.3, 0.4) is 0 Å². The van der Waals surface area contributed by atoms with Crippen molar-refractivity contribution >= 4 is 139 Å².